The Morgan fingerprint density at radius 1 is 0.898 bits per heavy atom. The largest absolute Gasteiger partial charge is 0.497 e. The van der Waals surface area contributed by atoms with Gasteiger partial charge in [0.1, 0.15) is 22.1 Å². The van der Waals surface area contributed by atoms with Crippen LogP contribution in [0.4, 0.5) is 11.4 Å². The molecule has 11 nitrogen and oxygen atoms in total. The van der Waals surface area contributed by atoms with Crippen molar-refractivity contribution in [3.8, 4) is 23.3 Å². The molecule has 0 bridgehead atoms. The van der Waals surface area contributed by atoms with Crippen LogP contribution in [0.3, 0.4) is 0 Å². The zero-order chi connectivity index (χ0) is 34.9. The number of piperazine rings is 1. The highest BCUT2D eigenvalue weighted by Crippen LogP contribution is 2.53. The number of pyridine rings is 1. The molecule has 2 aliphatic heterocycles. The van der Waals surface area contributed by atoms with Crippen LogP contribution in [0, 0.1) is 18.3 Å². The summed E-state index contributed by atoms with van der Waals surface area (Å²) in [5.74, 6) is 0.216. The van der Waals surface area contributed by atoms with Crippen molar-refractivity contribution in [2.75, 3.05) is 56.2 Å². The molecule has 1 amide bonds. The number of carbonyl (C=O) groups excluding carboxylic acids is 1. The van der Waals surface area contributed by atoms with Gasteiger partial charge in [-0.2, -0.15) is 5.26 Å². The van der Waals surface area contributed by atoms with E-state index in [1.165, 1.54) is 38.5 Å². The molecule has 49 heavy (non-hydrogen) atoms. The number of amides is 1. The van der Waals surface area contributed by atoms with Crippen LogP contribution < -0.4 is 23.4 Å². The number of hydrogen-bond donors (Lipinski definition) is 0. The van der Waals surface area contributed by atoms with Gasteiger partial charge in [0.25, 0.3) is 15.9 Å². The molecular weight excluding hydrogens is 643 g/mol. The standard InChI is InChI=1S/C37H39N5O6S/c1-6-26-9-12-33(48-7-2)31(21-26)37(41-18-16-40(17-19-41)28-14-15-39-25(3)20-28)30-22-27(24-38)8-11-32(30)42(36(37)43)49(44,45)35-13-10-29(46-4)23-34(35)47-5/h8-15,20-23H,6-7,16-19H2,1-5H3. The third-order valence-corrected chi connectivity index (χ3v) is 11.0. The van der Waals surface area contributed by atoms with Gasteiger partial charge in [0, 0.05) is 61.0 Å². The topological polar surface area (TPSA) is 125 Å². The van der Waals surface area contributed by atoms with Crippen LogP contribution in [0.5, 0.6) is 17.2 Å². The van der Waals surface area contributed by atoms with E-state index in [4.69, 9.17) is 14.2 Å². The number of methoxy groups -OCH3 is 2. The molecule has 0 aliphatic carbocycles. The fourth-order valence-corrected chi connectivity index (χ4v) is 8.50. The second-order valence-corrected chi connectivity index (χ2v) is 13.6. The maximum atomic E-state index is 15.6. The normalized spacial score (nSPS) is 17.8. The molecule has 3 aromatic carbocycles. The highest BCUT2D eigenvalue weighted by molar-refractivity contribution is 7.93. The second kappa shape index (κ2) is 13.4. The summed E-state index contributed by atoms with van der Waals surface area (Å²) in [6.07, 6.45) is 2.45. The summed E-state index contributed by atoms with van der Waals surface area (Å²) in [7, 11) is -1.73. The first-order valence-electron chi connectivity index (χ1n) is 16.2. The average Bonchev–Trinajstić information content (AvgIpc) is 3.39. The van der Waals surface area contributed by atoms with Crippen LogP contribution in [0.2, 0.25) is 0 Å². The van der Waals surface area contributed by atoms with Crippen molar-refractivity contribution in [2.45, 2.75) is 37.6 Å². The van der Waals surface area contributed by atoms with Crippen molar-refractivity contribution in [3.05, 3.63) is 101 Å². The van der Waals surface area contributed by atoms with Crippen molar-refractivity contribution in [1.29, 1.82) is 5.26 Å². The number of sulfonamides is 1. The highest BCUT2D eigenvalue weighted by atomic mass is 32.2. The lowest BCUT2D eigenvalue weighted by molar-refractivity contribution is -0.127. The van der Waals surface area contributed by atoms with Gasteiger partial charge in [-0.1, -0.05) is 13.0 Å². The van der Waals surface area contributed by atoms with Gasteiger partial charge in [0.05, 0.1) is 38.1 Å². The molecule has 4 aromatic rings. The monoisotopic (exact) mass is 681 g/mol. The molecule has 0 spiro atoms. The lowest BCUT2D eigenvalue weighted by Crippen LogP contribution is -2.60. The summed E-state index contributed by atoms with van der Waals surface area (Å²) < 4.78 is 47.5. The smallest absolute Gasteiger partial charge is 0.274 e. The van der Waals surface area contributed by atoms with Crippen molar-refractivity contribution in [1.82, 2.24) is 9.88 Å². The average molecular weight is 682 g/mol. The molecule has 1 unspecified atom stereocenters. The van der Waals surface area contributed by atoms with E-state index in [0.717, 1.165) is 21.2 Å². The Labute approximate surface area is 287 Å². The number of aryl methyl sites for hydroxylation is 2. The number of carbonyl (C=O) groups is 1. The minimum absolute atomic E-state index is 0.0316. The predicted octanol–water partition coefficient (Wildman–Crippen LogP) is 5.04. The summed E-state index contributed by atoms with van der Waals surface area (Å²) in [4.78, 5) is 24.0. The molecule has 1 fully saturated rings. The first-order valence-corrected chi connectivity index (χ1v) is 17.6. The summed E-state index contributed by atoms with van der Waals surface area (Å²) in [6.45, 7) is 8.09. The summed E-state index contributed by atoms with van der Waals surface area (Å²) in [5, 5.41) is 10.1. The molecule has 3 heterocycles. The van der Waals surface area contributed by atoms with Crippen LogP contribution >= 0.6 is 0 Å². The minimum Gasteiger partial charge on any atom is -0.497 e. The number of rotatable bonds is 10. The number of ether oxygens (including phenoxy) is 3. The van der Waals surface area contributed by atoms with Gasteiger partial charge >= 0.3 is 0 Å². The van der Waals surface area contributed by atoms with Crippen molar-refractivity contribution >= 4 is 27.3 Å². The Morgan fingerprint density at radius 3 is 2.33 bits per heavy atom. The predicted molar refractivity (Wildman–Crippen MR) is 186 cm³/mol. The van der Waals surface area contributed by atoms with E-state index in [-0.39, 0.29) is 16.3 Å². The lowest BCUT2D eigenvalue weighted by atomic mass is 9.79. The Hall–Kier alpha value is -5.12. The van der Waals surface area contributed by atoms with E-state index in [2.05, 4.69) is 16.0 Å². The first kappa shape index (κ1) is 33.8. The van der Waals surface area contributed by atoms with Gasteiger partial charge in [0.15, 0.2) is 5.54 Å². The quantitative estimate of drug-likeness (QED) is 0.225. The zero-order valence-electron chi connectivity index (χ0n) is 28.3. The molecule has 0 N–H and O–H groups in total. The summed E-state index contributed by atoms with van der Waals surface area (Å²) in [6, 6.07) is 21.0. The number of anilines is 2. The van der Waals surface area contributed by atoms with Gasteiger partial charge < -0.3 is 19.1 Å². The third kappa shape index (κ3) is 5.62. The van der Waals surface area contributed by atoms with E-state index in [0.29, 0.717) is 67.4 Å². The molecule has 2 aliphatic rings. The Balaban J connectivity index is 1.60. The van der Waals surface area contributed by atoms with E-state index >= 15 is 4.79 Å². The van der Waals surface area contributed by atoms with E-state index < -0.39 is 21.5 Å². The van der Waals surface area contributed by atoms with E-state index in [1.807, 2.05) is 56.0 Å². The second-order valence-electron chi connectivity index (χ2n) is 11.9. The maximum absolute atomic E-state index is 15.6. The number of fused-ring (bicyclic) bond motifs is 1. The fourth-order valence-electron chi connectivity index (χ4n) is 6.89. The Kier molecular flexibility index (Phi) is 9.24. The lowest BCUT2D eigenvalue weighted by Gasteiger charge is -2.46. The Morgan fingerprint density at radius 2 is 1.67 bits per heavy atom. The molecule has 12 heteroatoms. The molecule has 1 atom stereocenters. The van der Waals surface area contributed by atoms with Gasteiger partial charge in [-0.25, -0.2) is 12.7 Å². The number of hydrogen-bond acceptors (Lipinski definition) is 10. The highest BCUT2D eigenvalue weighted by Gasteiger charge is 2.61. The van der Waals surface area contributed by atoms with Crippen LogP contribution in [-0.4, -0.2) is 71.2 Å². The van der Waals surface area contributed by atoms with Crippen molar-refractivity contribution in [3.63, 3.8) is 0 Å². The molecule has 0 radical (unpaired) electrons. The number of aromatic nitrogens is 1. The van der Waals surface area contributed by atoms with Crippen LogP contribution in [0.1, 0.15) is 41.8 Å². The van der Waals surface area contributed by atoms with Crippen molar-refractivity contribution < 1.29 is 27.4 Å². The Bertz CT molecular complexity index is 2050. The molecule has 1 aromatic heterocycles. The minimum atomic E-state index is -4.57. The number of benzene rings is 3. The van der Waals surface area contributed by atoms with Crippen molar-refractivity contribution in [2.24, 2.45) is 0 Å². The molecule has 6 rings (SSSR count). The number of nitriles is 1. The SMILES string of the molecule is CCOc1ccc(CC)cc1C1(N2CCN(c3ccnc(C)c3)CC2)C(=O)N(S(=O)(=O)c2ccc(OC)cc2OC)c2ccc(C#N)cc21. The molecule has 254 valence electrons. The molecule has 1 saturated heterocycles. The molecular formula is C37H39N5O6S. The molecule has 0 saturated carbocycles. The van der Waals surface area contributed by atoms with E-state index in [1.54, 1.807) is 18.3 Å². The van der Waals surface area contributed by atoms with Crippen LogP contribution in [0.25, 0.3) is 0 Å². The van der Waals surface area contributed by atoms with Gasteiger partial charge in [-0.05, 0) is 80.4 Å². The first-order chi connectivity index (χ1) is 23.6. The maximum Gasteiger partial charge on any atom is 0.274 e. The van der Waals surface area contributed by atoms with Gasteiger partial charge in [-0.3, -0.25) is 14.7 Å². The van der Waals surface area contributed by atoms with Gasteiger partial charge in [0.2, 0.25) is 0 Å². The van der Waals surface area contributed by atoms with E-state index in [9.17, 15) is 13.7 Å². The van der Waals surface area contributed by atoms with Gasteiger partial charge in [-0.15, -0.1) is 0 Å². The summed E-state index contributed by atoms with van der Waals surface area (Å²) >= 11 is 0. The number of nitrogens with zero attached hydrogens (tertiary/aromatic N) is 5. The van der Waals surface area contributed by atoms with Crippen LogP contribution in [-0.2, 0) is 26.8 Å². The summed E-state index contributed by atoms with van der Waals surface area (Å²) in [5.41, 5.74) is 2.61. The van der Waals surface area contributed by atoms with Crippen LogP contribution in [0.15, 0.2) is 77.8 Å². The fraction of sp³-hybridized carbons (Fsp3) is 0.324. The third-order valence-electron chi connectivity index (χ3n) is 9.26. The zero-order valence-corrected chi connectivity index (χ0v) is 29.1.